The Hall–Kier alpha value is -1.96. The summed E-state index contributed by atoms with van der Waals surface area (Å²) in [6, 6.07) is 8.74. The van der Waals surface area contributed by atoms with Gasteiger partial charge < -0.3 is 11.1 Å². The lowest BCUT2D eigenvalue weighted by Crippen LogP contribution is -2.10. The Labute approximate surface area is 149 Å². The van der Waals surface area contributed by atoms with E-state index in [1.165, 1.54) is 16.7 Å². The molecule has 24 heavy (non-hydrogen) atoms. The number of nitrogens with one attached hydrogen (secondary N) is 1. The average molecular weight is 329 g/mol. The number of allylic oxidation sites excluding steroid dienone is 4. The molecule has 0 atom stereocenters. The van der Waals surface area contributed by atoms with E-state index < -0.39 is 0 Å². The van der Waals surface area contributed by atoms with E-state index in [0.29, 0.717) is 0 Å². The summed E-state index contributed by atoms with van der Waals surface area (Å²) in [6.07, 6.45) is 9.42. The molecule has 2 heteroatoms. The van der Waals surface area contributed by atoms with Gasteiger partial charge in [-0.25, -0.2) is 0 Å². The molecular weight excluding hydrogens is 292 g/mol. The number of hydrogen-bond acceptors (Lipinski definition) is 2. The first-order chi connectivity index (χ1) is 11.0. The number of rotatable bonds is 3. The molecule has 0 aromatic heterocycles. The monoisotopic (exact) mass is 328 g/mol. The molecule has 0 saturated carbocycles. The number of benzene rings is 1. The summed E-state index contributed by atoms with van der Waals surface area (Å²) in [7, 11) is 1.87. The summed E-state index contributed by atoms with van der Waals surface area (Å²) in [5, 5.41) is 2.94. The molecule has 0 aliphatic rings. The number of nitrogens with two attached hydrogens (primary N) is 1. The highest BCUT2D eigenvalue weighted by atomic mass is 14.8. The first-order valence-electron chi connectivity index (χ1n) is 8.52. The van der Waals surface area contributed by atoms with Crippen molar-refractivity contribution in [3.05, 3.63) is 71.6 Å². The van der Waals surface area contributed by atoms with Gasteiger partial charge in [0.1, 0.15) is 0 Å². The van der Waals surface area contributed by atoms with E-state index in [9.17, 15) is 0 Å². The van der Waals surface area contributed by atoms with Crippen molar-refractivity contribution in [2.75, 3.05) is 7.05 Å². The fraction of sp³-hybridized carbons (Fsp3) is 0.455. The van der Waals surface area contributed by atoms with Crippen molar-refractivity contribution < 1.29 is 0 Å². The van der Waals surface area contributed by atoms with Crippen LogP contribution in [0.2, 0.25) is 0 Å². The number of aryl methyl sites for hydroxylation is 1. The van der Waals surface area contributed by atoms with Crippen LogP contribution in [-0.4, -0.2) is 7.05 Å². The molecule has 1 rings (SSSR count). The summed E-state index contributed by atoms with van der Waals surface area (Å²) in [5.74, 6) is 0. The van der Waals surface area contributed by atoms with Crippen LogP contribution in [0.3, 0.4) is 0 Å². The Kier molecular flexibility index (Phi) is 9.20. The van der Waals surface area contributed by atoms with Gasteiger partial charge in [0, 0.05) is 7.05 Å². The van der Waals surface area contributed by atoms with Gasteiger partial charge in [0.2, 0.25) is 0 Å². The first-order valence-corrected chi connectivity index (χ1v) is 8.52. The maximum Gasteiger partial charge on any atom is 0.00277 e. The molecule has 134 valence electrons. The molecule has 0 heterocycles. The Morgan fingerprint density at radius 2 is 1.54 bits per heavy atom. The van der Waals surface area contributed by atoms with E-state index in [1.54, 1.807) is 6.20 Å². The summed E-state index contributed by atoms with van der Waals surface area (Å²) in [4.78, 5) is 0. The van der Waals surface area contributed by atoms with Gasteiger partial charge in [0.25, 0.3) is 0 Å². The van der Waals surface area contributed by atoms with E-state index >= 15 is 0 Å². The molecule has 0 radical (unpaired) electrons. The zero-order chi connectivity index (χ0) is 18.8. The predicted molar refractivity (Wildman–Crippen MR) is 109 cm³/mol. The molecule has 0 spiro atoms. The minimum atomic E-state index is 0.133. The van der Waals surface area contributed by atoms with Gasteiger partial charge in [-0.05, 0) is 53.4 Å². The fourth-order valence-corrected chi connectivity index (χ4v) is 1.96. The van der Waals surface area contributed by atoms with Crippen molar-refractivity contribution in [3.63, 3.8) is 0 Å². The van der Waals surface area contributed by atoms with Crippen molar-refractivity contribution >= 4 is 0 Å². The van der Waals surface area contributed by atoms with Crippen LogP contribution in [0.25, 0.3) is 0 Å². The van der Waals surface area contributed by atoms with Gasteiger partial charge in [0.15, 0.2) is 0 Å². The standard InChI is InChI=1S/C11H20N2.C11H16/c1-11(2,3)10(7-8-12)6-5-9-13-4;1-9-5-7-10(8-6-9)11(2,3)4/h5-9,13H,12H2,1-4H3;5-8H,1-4H3/b8-7-,9-5+,10-6+;. The molecule has 0 amide bonds. The molecule has 3 N–H and O–H groups in total. The van der Waals surface area contributed by atoms with Crippen LogP contribution in [0.5, 0.6) is 0 Å². The Morgan fingerprint density at radius 3 is 1.92 bits per heavy atom. The van der Waals surface area contributed by atoms with Crippen molar-refractivity contribution in [1.82, 2.24) is 5.32 Å². The lowest BCUT2D eigenvalue weighted by Gasteiger charge is -2.19. The zero-order valence-corrected chi connectivity index (χ0v) is 16.8. The van der Waals surface area contributed by atoms with Gasteiger partial charge in [-0.3, -0.25) is 0 Å². The average Bonchev–Trinajstić information content (AvgIpc) is 2.46. The number of hydrogen-bond donors (Lipinski definition) is 2. The van der Waals surface area contributed by atoms with Gasteiger partial charge in [-0.15, -0.1) is 0 Å². The van der Waals surface area contributed by atoms with Gasteiger partial charge in [0.05, 0.1) is 0 Å². The molecule has 0 bridgehead atoms. The maximum absolute atomic E-state index is 5.37. The molecule has 2 nitrogen and oxygen atoms in total. The first kappa shape index (κ1) is 22.0. The van der Waals surface area contributed by atoms with Crippen molar-refractivity contribution in [2.24, 2.45) is 11.1 Å². The van der Waals surface area contributed by atoms with Crippen molar-refractivity contribution in [3.8, 4) is 0 Å². The highest BCUT2D eigenvalue weighted by molar-refractivity contribution is 5.28. The van der Waals surface area contributed by atoms with Gasteiger partial charge in [-0.2, -0.15) is 0 Å². The van der Waals surface area contributed by atoms with E-state index in [4.69, 9.17) is 5.73 Å². The summed E-state index contributed by atoms with van der Waals surface area (Å²) < 4.78 is 0. The maximum atomic E-state index is 5.37. The van der Waals surface area contributed by atoms with Gasteiger partial charge >= 0.3 is 0 Å². The largest absolute Gasteiger partial charge is 0.405 e. The van der Waals surface area contributed by atoms with E-state index in [2.05, 4.69) is 84.1 Å². The molecule has 0 fully saturated rings. The van der Waals surface area contributed by atoms with E-state index in [1.807, 2.05) is 25.4 Å². The summed E-state index contributed by atoms with van der Waals surface area (Å²) in [5.41, 5.74) is 9.73. The minimum Gasteiger partial charge on any atom is -0.405 e. The topological polar surface area (TPSA) is 38.0 Å². The highest BCUT2D eigenvalue weighted by Gasteiger charge is 2.13. The Balaban J connectivity index is 0.000000446. The second-order valence-corrected chi connectivity index (χ2v) is 7.99. The summed E-state index contributed by atoms with van der Waals surface area (Å²) in [6.45, 7) is 15.3. The van der Waals surface area contributed by atoms with Crippen molar-refractivity contribution in [1.29, 1.82) is 0 Å². The normalized spacial score (nSPS) is 13.1. The zero-order valence-electron chi connectivity index (χ0n) is 16.8. The van der Waals surface area contributed by atoms with E-state index in [0.717, 1.165) is 0 Å². The highest BCUT2D eigenvalue weighted by Crippen LogP contribution is 2.25. The SMILES string of the molecule is CN/C=C/C=C(\C=C/N)C(C)(C)C.Cc1ccc(C(C)(C)C)cc1. The van der Waals surface area contributed by atoms with Crippen LogP contribution >= 0.6 is 0 Å². The van der Waals surface area contributed by atoms with Crippen LogP contribution in [-0.2, 0) is 5.41 Å². The second-order valence-electron chi connectivity index (χ2n) is 7.99. The Morgan fingerprint density at radius 1 is 1.00 bits per heavy atom. The van der Waals surface area contributed by atoms with Gasteiger partial charge in [-0.1, -0.05) is 77.4 Å². The predicted octanol–water partition coefficient (Wildman–Crippen LogP) is 5.46. The molecule has 0 aliphatic heterocycles. The Bertz CT molecular complexity index is 547. The second kappa shape index (κ2) is 10.0. The van der Waals surface area contributed by atoms with Crippen LogP contribution in [0.15, 0.2) is 60.5 Å². The minimum absolute atomic E-state index is 0.133. The quantitative estimate of drug-likeness (QED) is 0.723. The molecule has 1 aromatic rings. The molecule has 1 aromatic carbocycles. The smallest absolute Gasteiger partial charge is 0.00277 e. The summed E-state index contributed by atoms with van der Waals surface area (Å²) >= 11 is 0. The van der Waals surface area contributed by atoms with Crippen LogP contribution in [0.1, 0.15) is 52.7 Å². The fourth-order valence-electron chi connectivity index (χ4n) is 1.96. The van der Waals surface area contributed by atoms with E-state index in [-0.39, 0.29) is 10.8 Å². The van der Waals surface area contributed by atoms with Crippen LogP contribution in [0, 0.1) is 12.3 Å². The third kappa shape index (κ3) is 9.24. The lowest BCUT2D eigenvalue weighted by molar-refractivity contribution is 0.517. The third-order valence-corrected chi connectivity index (χ3v) is 3.60. The third-order valence-electron chi connectivity index (χ3n) is 3.60. The molecule has 0 aliphatic carbocycles. The lowest BCUT2D eigenvalue weighted by atomic mass is 9.86. The van der Waals surface area contributed by atoms with Crippen LogP contribution < -0.4 is 11.1 Å². The molecular formula is C22H36N2. The van der Waals surface area contributed by atoms with Crippen molar-refractivity contribution in [2.45, 2.75) is 53.9 Å². The molecule has 0 saturated heterocycles. The van der Waals surface area contributed by atoms with Crippen LogP contribution in [0.4, 0.5) is 0 Å². The molecule has 0 unspecified atom stereocenters.